The molecule has 0 amide bonds. The van der Waals surface area contributed by atoms with Crippen molar-refractivity contribution in [1.29, 1.82) is 0 Å². The van der Waals surface area contributed by atoms with Gasteiger partial charge in [0.25, 0.3) is 5.69 Å². The van der Waals surface area contributed by atoms with Crippen molar-refractivity contribution in [2.45, 2.75) is 13.8 Å². The fraction of sp³-hybridized carbons (Fsp3) is 0.100. The van der Waals surface area contributed by atoms with Crippen molar-refractivity contribution in [2.75, 3.05) is 0 Å². The lowest BCUT2D eigenvalue weighted by Crippen LogP contribution is -2.26. The Morgan fingerprint density at radius 1 is 1.04 bits per heavy atom. The predicted octanol–water partition coefficient (Wildman–Crippen LogP) is 3.80. The lowest BCUT2D eigenvalue weighted by molar-refractivity contribution is -0.512. The van der Waals surface area contributed by atoms with E-state index in [4.69, 9.17) is 0 Å². The third-order valence-electron chi connectivity index (χ3n) is 4.56. The largest absolute Gasteiger partial charge is 0.474 e. The van der Waals surface area contributed by atoms with Crippen molar-refractivity contribution in [3.63, 3.8) is 0 Å². The van der Waals surface area contributed by atoms with Crippen LogP contribution in [0.25, 0.3) is 22.1 Å². The van der Waals surface area contributed by atoms with E-state index in [-0.39, 0.29) is 5.69 Å². The van der Waals surface area contributed by atoms with Crippen LogP contribution in [-0.2, 0) is 0 Å². The van der Waals surface area contributed by atoms with E-state index in [0.717, 1.165) is 27.6 Å². The molecule has 124 valence electrons. The molecule has 0 unspecified atom stereocenters. The van der Waals surface area contributed by atoms with Gasteiger partial charge < -0.3 is 5.11 Å². The Hall–Kier alpha value is -3.21. The number of fused-ring (bicyclic) bond motifs is 3. The Balaban J connectivity index is 2.30. The van der Waals surface area contributed by atoms with Gasteiger partial charge in [-0.25, -0.2) is 0 Å². The molecule has 0 saturated carbocycles. The lowest BCUT2D eigenvalue weighted by Gasteiger charge is -2.07. The second-order valence-electron chi connectivity index (χ2n) is 6.12. The molecule has 0 saturated heterocycles. The summed E-state index contributed by atoms with van der Waals surface area (Å²) in [5, 5.41) is 12.5. The molecule has 0 aliphatic heterocycles. The van der Waals surface area contributed by atoms with Gasteiger partial charge in [0.1, 0.15) is 5.69 Å². The number of aromatic hydroxyl groups is 1. The Morgan fingerprint density at radius 3 is 2.40 bits per heavy atom. The van der Waals surface area contributed by atoms with E-state index < -0.39 is 11.9 Å². The van der Waals surface area contributed by atoms with Gasteiger partial charge in [0.2, 0.25) is 0 Å². The highest BCUT2D eigenvalue weighted by molar-refractivity contribution is 5.95. The lowest BCUT2D eigenvalue weighted by atomic mass is 10.1. The van der Waals surface area contributed by atoms with Crippen LogP contribution in [0.1, 0.15) is 21.6 Å². The van der Waals surface area contributed by atoms with Crippen LogP contribution in [0.5, 0.6) is 5.88 Å². The minimum absolute atomic E-state index is 0.372. The number of aryl methyl sites for hydroxylation is 2. The molecule has 5 heteroatoms. The van der Waals surface area contributed by atoms with Crippen LogP contribution in [0.3, 0.4) is 0 Å². The van der Waals surface area contributed by atoms with E-state index in [2.05, 4.69) is 0 Å². The highest BCUT2D eigenvalue weighted by Crippen LogP contribution is 2.31. The van der Waals surface area contributed by atoms with E-state index in [0.29, 0.717) is 5.65 Å². The number of aromatic nitrogens is 2. The van der Waals surface area contributed by atoms with E-state index in [1.165, 1.54) is 4.40 Å². The highest BCUT2D eigenvalue weighted by Gasteiger charge is 2.34. The van der Waals surface area contributed by atoms with Crippen LogP contribution in [0, 0.1) is 13.8 Å². The molecule has 1 N–H and O–H groups in total. The summed E-state index contributed by atoms with van der Waals surface area (Å²) in [6.45, 7) is 3.83. The number of rotatable bonds is 2. The number of benzene rings is 2. The number of carbonyl (C=O) groups excluding carboxylic acids is 1. The fourth-order valence-electron chi connectivity index (χ4n) is 3.48. The van der Waals surface area contributed by atoms with Gasteiger partial charge in [0.05, 0.1) is 11.6 Å². The first-order valence-electron chi connectivity index (χ1n) is 7.94. The van der Waals surface area contributed by atoms with Crippen molar-refractivity contribution >= 4 is 22.5 Å². The first-order chi connectivity index (χ1) is 12.0. The van der Waals surface area contributed by atoms with Gasteiger partial charge in [0.15, 0.2) is 0 Å². The number of nitrogens with zero attached hydrogens (tertiary/aromatic N) is 2. The first kappa shape index (κ1) is 15.3. The first-order valence-corrected chi connectivity index (χ1v) is 7.94. The van der Waals surface area contributed by atoms with E-state index >= 15 is 0 Å². The average Bonchev–Trinajstić information content (AvgIpc) is 2.88. The van der Waals surface area contributed by atoms with Gasteiger partial charge in [-0.05, 0) is 42.5 Å². The van der Waals surface area contributed by atoms with Crippen molar-refractivity contribution in [2.24, 2.45) is 0 Å². The number of pyridine rings is 1. The summed E-state index contributed by atoms with van der Waals surface area (Å²) in [6.07, 6.45) is 1.61. The van der Waals surface area contributed by atoms with E-state index in [1.807, 2.05) is 56.3 Å². The summed E-state index contributed by atoms with van der Waals surface area (Å²) in [6, 6.07) is 13.5. The molecule has 25 heavy (non-hydrogen) atoms. The normalized spacial score (nSPS) is 11.3. The van der Waals surface area contributed by atoms with Gasteiger partial charge in [-0.15, -0.1) is 0 Å². The summed E-state index contributed by atoms with van der Waals surface area (Å²) < 4.78 is 16.7. The maximum Gasteiger partial charge on any atom is 0.379 e. The van der Waals surface area contributed by atoms with Gasteiger partial charge in [-0.1, -0.05) is 36.4 Å². The van der Waals surface area contributed by atoms with Crippen molar-refractivity contribution in [3.05, 3.63) is 71.5 Å². The second kappa shape index (κ2) is 5.41. The molecule has 0 aliphatic rings. The van der Waals surface area contributed by atoms with E-state index in [9.17, 15) is 14.3 Å². The highest BCUT2D eigenvalue weighted by atomic mass is 19.1. The topological polar surface area (TPSA) is 46.3 Å². The van der Waals surface area contributed by atoms with Gasteiger partial charge >= 0.3 is 17.6 Å². The number of hydrogen-bond acceptors (Lipinski definition) is 2. The smallest absolute Gasteiger partial charge is 0.379 e. The molecule has 2 aromatic heterocycles. The standard InChI is InChI=1S/C20H15FN2O2/c1-12-6-5-7-13(2)16(12)23-19-15-9-4-3-8-14(15)10-11-22(19)17(18(21)24)20(23)25/h3-11H,1-2H3/p+1. The monoisotopic (exact) mass is 335 g/mol. The molecule has 2 heterocycles. The zero-order chi connectivity index (χ0) is 17.7. The molecule has 0 radical (unpaired) electrons. The summed E-state index contributed by atoms with van der Waals surface area (Å²) >= 11 is 0. The van der Waals surface area contributed by atoms with Gasteiger partial charge in [0, 0.05) is 0 Å². The zero-order valence-electron chi connectivity index (χ0n) is 13.8. The molecule has 0 atom stereocenters. The summed E-state index contributed by atoms with van der Waals surface area (Å²) in [5.41, 5.74) is 2.75. The van der Waals surface area contributed by atoms with Crippen LogP contribution in [-0.4, -0.2) is 15.7 Å². The summed E-state index contributed by atoms with van der Waals surface area (Å²) in [4.78, 5) is 11.6. The van der Waals surface area contributed by atoms with Crippen LogP contribution < -0.4 is 4.40 Å². The summed E-state index contributed by atoms with van der Waals surface area (Å²) in [5.74, 6) is -0.402. The molecule has 0 spiro atoms. The Morgan fingerprint density at radius 2 is 1.72 bits per heavy atom. The van der Waals surface area contributed by atoms with Crippen LogP contribution in [0.15, 0.2) is 54.7 Å². The molecular weight excluding hydrogens is 319 g/mol. The SMILES string of the molecule is Cc1cccc(C)c1-n1c(O)c(C(=O)F)[n+]2ccc3ccccc3c12. The van der Waals surface area contributed by atoms with Crippen molar-refractivity contribution in [3.8, 4) is 11.6 Å². The number of hydrogen-bond donors (Lipinski definition) is 1. The molecule has 0 aliphatic carbocycles. The average molecular weight is 335 g/mol. The molecule has 2 aromatic carbocycles. The van der Waals surface area contributed by atoms with Crippen molar-refractivity contribution in [1.82, 2.24) is 4.57 Å². The maximum atomic E-state index is 13.7. The van der Waals surface area contributed by atoms with Crippen LogP contribution in [0.2, 0.25) is 0 Å². The number of carbonyl (C=O) groups is 1. The number of halogens is 1. The molecule has 0 bridgehead atoms. The minimum atomic E-state index is -1.67. The predicted molar refractivity (Wildman–Crippen MR) is 93.0 cm³/mol. The fourth-order valence-corrected chi connectivity index (χ4v) is 3.48. The zero-order valence-corrected chi connectivity index (χ0v) is 13.8. The van der Waals surface area contributed by atoms with Crippen molar-refractivity contribution < 1.29 is 18.7 Å². The third-order valence-corrected chi connectivity index (χ3v) is 4.56. The Labute approximate surface area is 143 Å². The third kappa shape index (κ3) is 2.12. The Bertz CT molecular complexity index is 1140. The molecule has 0 fully saturated rings. The second-order valence-corrected chi connectivity index (χ2v) is 6.12. The number of imidazole rings is 1. The molecule has 4 aromatic rings. The van der Waals surface area contributed by atoms with Crippen LogP contribution in [0.4, 0.5) is 4.39 Å². The number of para-hydroxylation sites is 1. The molecule has 4 rings (SSSR count). The molecular formula is C20H16FN2O2+. The van der Waals surface area contributed by atoms with E-state index in [1.54, 1.807) is 16.8 Å². The minimum Gasteiger partial charge on any atom is -0.474 e. The van der Waals surface area contributed by atoms with Gasteiger partial charge in [-0.2, -0.15) is 13.4 Å². The summed E-state index contributed by atoms with van der Waals surface area (Å²) in [7, 11) is 0. The Kier molecular flexibility index (Phi) is 3.32. The quantitative estimate of drug-likeness (QED) is 0.447. The van der Waals surface area contributed by atoms with Gasteiger partial charge in [-0.3, -0.25) is 4.79 Å². The maximum absolute atomic E-state index is 13.7. The molecule has 4 nitrogen and oxygen atoms in total. The van der Waals surface area contributed by atoms with Crippen LogP contribution >= 0.6 is 0 Å².